The molecule has 3 N–H and O–H groups in total. The summed E-state index contributed by atoms with van der Waals surface area (Å²) < 4.78 is 62.0. The number of ketones is 1. The van der Waals surface area contributed by atoms with Gasteiger partial charge in [-0.15, -0.1) is 0 Å². The standard InChI is InChI=1S/C61H74N3O6PS2/c1-8-10-12-14-16-18-40-72(67,68)62-56-42-50(64(48-28-20-44(3)21-29-48)49-30-22-45(4)23-31-49)32-38-54(56)58-60(65)59(61(58)66)55-39-37-53(43-57(55)63-73(69,70)41-19-17-15-13-11-9-2)71(7,51-33-24-46(5)25-34-51)52-35-26-47(6)27-36-52/h20-39,42-43,62-63,65H,8-19,40-41H2,1-7H3/b59-55-. The average Bonchev–Trinajstić information content (AvgIpc) is 3.36. The van der Waals surface area contributed by atoms with E-state index in [4.69, 9.17) is 0 Å². The average molecular weight is 1040 g/mol. The zero-order valence-electron chi connectivity index (χ0n) is 43.8. The number of rotatable bonds is 24. The minimum absolute atomic E-state index is 0.0459. The van der Waals surface area contributed by atoms with Crippen LogP contribution in [0.1, 0.15) is 119 Å². The number of carbonyl (C=O) groups excluding carboxylic acids is 1. The number of aliphatic hydroxyl groups is 1. The molecule has 0 saturated heterocycles. The van der Waals surface area contributed by atoms with Crippen molar-refractivity contribution in [3.63, 3.8) is 0 Å². The van der Waals surface area contributed by atoms with Crippen molar-refractivity contribution >= 4 is 76.9 Å². The fraction of sp³-hybridized carbons (Fsp3) is 0.344. The molecule has 0 radical (unpaired) electrons. The normalized spacial score (nSPS) is 15.1. The highest BCUT2D eigenvalue weighted by Crippen LogP contribution is 2.48. The highest BCUT2D eigenvalue weighted by Gasteiger charge is 2.40. The van der Waals surface area contributed by atoms with E-state index in [-0.39, 0.29) is 50.9 Å². The van der Waals surface area contributed by atoms with Gasteiger partial charge in [-0.3, -0.25) is 14.2 Å². The Morgan fingerprint density at radius 1 is 0.521 bits per heavy atom. The van der Waals surface area contributed by atoms with Gasteiger partial charge in [0.15, 0.2) is 0 Å². The molecule has 2 aliphatic carbocycles. The predicted octanol–water partition coefficient (Wildman–Crippen LogP) is 13.8. The number of sulfonamides is 2. The first-order valence-electron chi connectivity index (χ1n) is 26.0. The molecule has 2 aliphatic rings. The second-order valence-corrected chi connectivity index (χ2v) is 27.2. The van der Waals surface area contributed by atoms with Crippen LogP contribution in [-0.4, -0.2) is 51.2 Å². The van der Waals surface area contributed by atoms with Crippen molar-refractivity contribution in [2.24, 2.45) is 0 Å². The van der Waals surface area contributed by atoms with E-state index in [1.807, 2.05) is 99.3 Å². The van der Waals surface area contributed by atoms with Gasteiger partial charge in [0.05, 0.1) is 34.0 Å². The molecule has 0 spiro atoms. The maximum atomic E-state index is 14.9. The molecule has 0 unspecified atom stereocenters. The Hall–Kier alpha value is -5.87. The molecular formula is C61H74N3O6PS2. The second kappa shape index (κ2) is 24.4. The van der Waals surface area contributed by atoms with Crippen molar-refractivity contribution in [1.82, 2.24) is 4.72 Å². The van der Waals surface area contributed by atoms with Gasteiger partial charge >= 0.3 is 0 Å². The van der Waals surface area contributed by atoms with Crippen molar-refractivity contribution in [2.75, 3.05) is 27.8 Å². The summed E-state index contributed by atoms with van der Waals surface area (Å²) in [6.45, 7) is 12.2. The van der Waals surface area contributed by atoms with Gasteiger partial charge in [0, 0.05) is 28.2 Å². The quantitative estimate of drug-likeness (QED) is 0.0318. The van der Waals surface area contributed by atoms with Gasteiger partial charge in [-0.25, -0.2) is 16.8 Å². The number of unbranched alkanes of at least 4 members (excludes halogenated alkanes) is 10. The van der Waals surface area contributed by atoms with E-state index < -0.39 is 32.7 Å². The van der Waals surface area contributed by atoms with Crippen LogP contribution in [0.25, 0.3) is 5.57 Å². The van der Waals surface area contributed by atoms with Crippen LogP contribution in [0.3, 0.4) is 0 Å². The zero-order chi connectivity index (χ0) is 52.3. The van der Waals surface area contributed by atoms with Crippen molar-refractivity contribution < 1.29 is 26.7 Å². The summed E-state index contributed by atoms with van der Waals surface area (Å²) in [5.41, 5.74) is 7.44. The van der Waals surface area contributed by atoms with E-state index in [9.17, 15) is 26.7 Å². The Kier molecular flexibility index (Phi) is 18.4. The third-order valence-electron chi connectivity index (χ3n) is 14.0. The highest BCUT2D eigenvalue weighted by atomic mass is 32.2. The Morgan fingerprint density at radius 3 is 1.41 bits per heavy atom. The number of benzene rings is 5. The van der Waals surface area contributed by atoms with Gasteiger partial charge in [0.2, 0.25) is 25.8 Å². The molecule has 0 atom stereocenters. The number of aliphatic hydroxyl groups excluding tert-OH is 1. The Morgan fingerprint density at radius 2 is 0.945 bits per heavy atom. The van der Waals surface area contributed by atoms with E-state index in [0.717, 1.165) is 114 Å². The van der Waals surface area contributed by atoms with Crippen LogP contribution in [0.4, 0.5) is 22.7 Å². The number of anilines is 4. The molecule has 0 amide bonds. The lowest BCUT2D eigenvalue weighted by atomic mass is 9.79. The molecule has 0 fully saturated rings. The van der Waals surface area contributed by atoms with Crippen LogP contribution in [0.2, 0.25) is 0 Å². The first-order chi connectivity index (χ1) is 34.9. The maximum Gasteiger partial charge on any atom is 0.232 e. The van der Waals surface area contributed by atoms with E-state index >= 15 is 0 Å². The SMILES string of the molecule is CCCCCCCCS(=O)(=O)NC1=CC(=P(C)(c2ccc(C)cc2)c2ccc(C)cc2)C=C/C1=C1/C(=O)C(c2ccc(N(c3ccc(C)cc3)c3ccc(C)cc3)cc2NS(=O)(=O)CCCCCCCC)=C1O. The lowest BCUT2D eigenvalue weighted by molar-refractivity contribution is -0.111. The summed E-state index contributed by atoms with van der Waals surface area (Å²) in [5, 5.41) is 15.4. The Labute approximate surface area is 436 Å². The zero-order valence-corrected chi connectivity index (χ0v) is 46.3. The van der Waals surface area contributed by atoms with Gasteiger partial charge in [-0.2, -0.15) is 0 Å². The number of nitrogens with one attached hydrogen (secondary N) is 2. The lowest BCUT2D eigenvalue weighted by Crippen LogP contribution is -2.32. The highest BCUT2D eigenvalue weighted by molar-refractivity contribution is 7.92. The molecule has 0 aromatic heterocycles. The van der Waals surface area contributed by atoms with Crippen molar-refractivity contribution in [3.05, 3.63) is 184 Å². The van der Waals surface area contributed by atoms with Crippen LogP contribution >= 0.6 is 6.89 Å². The van der Waals surface area contributed by atoms with Crippen LogP contribution in [-0.2, 0) is 24.8 Å². The molecule has 9 nitrogen and oxygen atoms in total. The third kappa shape index (κ3) is 13.5. The summed E-state index contributed by atoms with van der Waals surface area (Å²) in [4.78, 5) is 16.9. The van der Waals surface area contributed by atoms with Gasteiger partial charge in [-0.05, 0) is 119 Å². The first-order valence-corrected chi connectivity index (χ1v) is 31.6. The summed E-state index contributed by atoms with van der Waals surface area (Å²) in [6, 6.07) is 38.2. The summed E-state index contributed by atoms with van der Waals surface area (Å²) in [6.07, 6.45) is 16.4. The number of nitrogens with zero attached hydrogens (tertiary/aromatic N) is 1. The van der Waals surface area contributed by atoms with E-state index in [1.54, 1.807) is 18.2 Å². The monoisotopic (exact) mass is 1040 g/mol. The summed E-state index contributed by atoms with van der Waals surface area (Å²) in [7, 11) is -7.84. The van der Waals surface area contributed by atoms with Gasteiger partial charge < -0.3 is 10.0 Å². The molecule has 5 aromatic carbocycles. The minimum atomic E-state index is -3.93. The third-order valence-corrected chi connectivity index (χ3v) is 20.7. The molecule has 386 valence electrons. The molecule has 12 heteroatoms. The molecule has 7 rings (SSSR count). The maximum absolute atomic E-state index is 14.9. The van der Waals surface area contributed by atoms with Crippen LogP contribution in [0, 0.1) is 27.7 Å². The molecular weight excluding hydrogens is 966 g/mol. The Balaban J connectivity index is 1.37. The fourth-order valence-electron chi connectivity index (χ4n) is 9.54. The summed E-state index contributed by atoms with van der Waals surface area (Å²) >= 11 is 0. The fourth-order valence-corrected chi connectivity index (χ4v) is 15.1. The van der Waals surface area contributed by atoms with Gasteiger partial charge in [0.1, 0.15) is 5.76 Å². The minimum Gasteiger partial charge on any atom is -0.506 e. The predicted molar refractivity (Wildman–Crippen MR) is 310 cm³/mol. The molecule has 0 saturated carbocycles. The topological polar surface area (TPSA) is 133 Å². The van der Waals surface area contributed by atoms with Crippen LogP contribution < -0.4 is 25.0 Å². The molecule has 0 heterocycles. The smallest absolute Gasteiger partial charge is 0.232 e. The van der Waals surface area contributed by atoms with Crippen molar-refractivity contribution in [1.29, 1.82) is 0 Å². The second-order valence-electron chi connectivity index (χ2n) is 19.9. The number of allylic oxidation sites excluding steroid dienone is 5. The van der Waals surface area contributed by atoms with E-state index in [1.165, 1.54) is 0 Å². The molecule has 0 bridgehead atoms. The molecule has 73 heavy (non-hydrogen) atoms. The van der Waals surface area contributed by atoms with Crippen molar-refractivity contribution in [3.8, 4) is 0 Å². The molecule has 0 aliphatic heterocycles. The van der Waals surface area contributed by atoms with Crippen molar-refractivity contribution in [2.45, 2.75) is 119 Å². The summed E-state index contributed by atoms with van der Waals surface area (Å²) in [5.74, 6) is -1.09. The number of Topliss-reactive ketones (excluding diaryl/α,β-unsaturated/α-hetero) is 1. The number of aryl methyl sites for hydroxylation is 4. The Bertz CT molecular complexity index is 3090. The number of hydrogen-bond acceptors (Lipinski definition) is 7. The lowest BCUT2D eigenvalue weighted by Gasteiger charge is -2.31. The van der Waals surface area contributed by atoms with Gasteiger partial charge in [-0.1, -0.05) is 185 Å². The van der Waals surface area contributed by atoms with Crippen LogP contribution in [0.5, 0.6) is 0 Å². The largest absolute Gasteiger partial charge is 0.506 e. The number of hydrogen-bond donors (Lipinski definition) is 3. The van der Waals surface area contributed by atoms with Crippen LogP contribution in [0.15, 0.2) is 156 Å². The van der Waals surface area contributed by atoms with E-state index in [0.29, 0.717) is 18.5 Å². The number of carbonyl (C=O) groups is 1. The van der Waals surface area contributed by atoms with Gasteiger partial charge in [0.25, 0.3) is 0 Å². The molecule has 5 aromatic rings. The first kappa shape index (κ1) is 54.9. The van der Waals surface area contributed by atoms with E-state index in [2.05, 4.69) is 78.5 Å².